The van der Waals surface area contributed by atoms with Crippen LogP contribution in [0.1, 0.15) is 41.7 Å². The average Bonchev–Trinajstić information content (AvgIpc) is 2.62. The molecule has 2 rings (SSSR count). The maximum absolute atomic E-state index is 13.3. The molecular weight excluding hydrogens is 437 g/mol. The molecule has 2 aromatic rings. The van der Waals surface area contributed by atoms with Crippen molar-refractivity contribution in [2.75, 3.05) is 7.11 Å². The van der Waals surface area contributed by atoms with Gasteiger partial charge in [-0.15, -0.1) is 0 Å². The largest absolute Gasteiger partial charge is 0.417 e. The van der Waals surface area contributed by atoms with Crippen LogP contribution in [0.25, 0.3) is 0 Å². The monoisotopic (exact) mass is 456 g/mol. The summed E-state index contributed by atoms with van der Waals surface area (Å²) in [7, 11) is 1.46. The van der Waals surface area contributed by atoms with E-state index in [0.717, 1.165) is 22.8 Å². The first-order valence-corrected chi connectivity index (χ1v) is 9.14. The Balaban J connectivity index is 2.29. The summed E-state index contributed by atoms with van der Waals surface area (Å²) in [5.41, 5.74) is 2.62. The van der Waals surface area contributed by atoms with Gasteiger partial charge in [-0.2, -0.15) is 13.2 Å². The standard InChI is InChI=1S/C20H20BrF3N2O2/c1-12-6-5-7-16(13(2)25-27-4)18(12)11-28-26-14(3)17-9-8-15(21)10-19(17)20(22,23)24/h5-10H,11H2,1-4H3/b25-13-,26-14+. The summed E-state index contributed by atoms with van der Waals surface area (Å²) >= 11 is 3.07. The van der Waals surface area contributed by atoms with Gasteiger partial charge in [0.2, 0.25) is 0 Å². The SMILES string of the molecule is CO/N=C(/C)c1cccc(C)c1CO/N=C(\C)c1ccc(Br)cc1C(F)(F)F. The lowest BCUT2D eigenvalue weighted by Gasteiger charge is -2.14. The van der Waals surface area contributed by atoms with Crippen LogP contribution in [-0.2, 0) is 22.5 Å². The molecule has 0 radical (unpaired) electrons. The highest BCUT2D eigenvalue weighted by Gasteiger charge is 2.34. The van der Waals surface area contributed by atoms with Crippen molar-refractivity contribution in [2.45, 2.75) is 33.6 Å². The van der Waals surface area contributed by atoms with Crippen molar-refractivity contribution in [3.8, 4) is 0 Å². The second-order valence-electron chi connectivity index (χ2n) is 6.10. The zero-order chi connectivity index (χ0) is 20.9. The Hall–Kier alpha value is -2.35. The number of hydrogen-bond acceptors (Lipinski definition) is 4. The maximum Gasteiger partial charge on any atom is 0.417 e. The van der Waals surface area contributed by atoms with Crippen LogP contribution in [0.5, 0.6) is 0 Å². The Labute approximate surface area is 170 Å². The van der Waals surface area contributed by atoms with Gasteiger partial charge in [0.25, 0.3) is 0 Å². The molecule has 8 heteroatoms. The molecule has 0 amide bonds. The van der Waals surface area contributed by atoms with E-state index in [-0.39, 0.29) is 17.9 Å². The number of benzene rings is 2. The Morgan fingerprint density at radius 2 is 1.71 bits per heavy atom. The van der Waals surface area contributed by atoms with E-state index in [2.05, 4.69) is 26.2 Å². The smallest absolute Gasteiger partial charge is 0.399 e. The van der Waals surface area contributed by atoms with Crippen molar-refractivity contribution in [3.05, 3.63) is 68.7 Å². The second kappa shape index (κ2) is 9.23. The molecule has 2 aromatic carbocycles. The van der Waals surface area contributed by atoms with E-state index in [4.69, 9.17) is 9.68 Å². The predicted molar refractivity (Wildman–Crippen MR) is 107 cm³/mol. The molecule has 0 unspecified atom stereocenters. The first-order chi connectivity index (χ1) is 13.1. The lowest BCUT2D eigenvalue weighted by Crippen LogP contribution is -2.12. The van der Waals surface area contributed by atoms with E-state index in [1.807, 2.05) is 25.1 Å². The van der Waals surface area contributed by atoms with Crippen molar-refractivity contribution < 1.29 is 22.8 Å². The van der Waals surface area contributed by atoms with Gasteiger partial charge in [-0.25, -0.2) is 0 Å². The van der Waals surface area contributed by atoms with Crippen LogP contribution in [0.4, 0.5) is 13.2 Å². The molecule has 0 aliphatic carbocycles. The molecule has 0 bridgehead atoms. The molecule has 0 aliphatic heterocycles. The summed E-state index contributed by atoms with van der Waals surface area (Å²) in [6, 6.07) is 9.59. The topological polar surface area (TPSA) is 43.2 Å². The molecule has 0 saturated heterocycles. The fourth-order valence-electron chi connectivity index (χ4n) is 2.73. The Morgan fingerprint density at radius 3 is 2.36 bits per heavy atom. The van der Waals surface area contributed by atoms with E-state index in [0.29, 0.717) is 10.2 Å². The minimum atomic E-state index is -4.49. The molecule has 0 spiro atoms. The molecule has 0 aliphatic rings. The van der Waals surface area contributed by atoms with Crippen LogP contribution in [-0.4, -0.2) is 18.5 Å². The summed E-state index contributed by atoms with van der Waals surface area (Å²) in [5.74, 6) is 0. The number of oxime groups is 2. The van der Waals surface area contributed by atoms with Crippen molar-refractivity contribution >= 4 is 27.4 Å². The average molecular weight is 457 g/mol. The Kier molecular flexibility index (Phi) is 7.23. The third kappa shape index (κ3) is 5.34. The molecule has 150 valence electrons. The lowest BCUT2D eigenvalue weighted by atomic mass is 10.00. The number of alkyl halides is 3. The second-order valence-corrected chi connectivity index (χ2v) is 7.01. The van der Waals surface area contributed by atoms with Crippen molar-refractivity contribution in [1.82, 2.24) is 0 Å². The highest BCUT2D eigenvalue weighted by atomic mass is 79.9. The summed E-state index contributed by atoms with van der Waals surface area (Å²) in [4.78, 5) is 10.2. The summed E-state index contributed by atoms with van der Waals surface area (Å²) < 4.78 is 40.2. The Bertz CT molecular complexity index is 909. The lowest BCUT2D eigenvalue weighted by molar-refractivity contribution is -0.137. The van der Waals surface area contributed by atoms with Crippen LogP contribution in [0.2, 0.25) is 0 Å². The maximum atomic E-state index is 13.3. The third-order valence-corrected chi connectivity index (χ3v) is 4.61. The van der Waals surface area contributed by atoms with Crippen LogP contribution in [0.3, 0.4) is 0 Å². The highest BCUT2D eigenvalue weighted by molar-refractivity contribution is 9.10. The van der Waals surface area contributed by atoms with Crippen molar-refractivity contribution in [1.29, 1.82) is 0 Å². The van der Waals surface area contributed by atoms with Gasteiger partial charge in [-0.3, -0.25) is 0 Å². The summed E-state index contributed by atoms with van der Waals surface area (Å²) in [5, 5.41) is 7.84. The van der Waals surface area contributed by atoms with E-state index >= 15 is 0 Å². The van der Waals surface area contributed by atoms with Crippen LogP contribution >= 0.6 is 15.9 Å². The number of rotatable bonds is 6. The van der Waals surface area contributed by atoms with Gasteiger partial charge in [0.1, 0.15) is 13.7 Å². The van der Waals surface area contributed by atoms with Crippen molar-refractivity contribution in [3.63, 3.8) is 0 Å². The van der Waals surface area contributed by atoms with E-state index in [9.17, 15) is 13.2 Å². The summed E-state index contributed by atoms with van der Waals surface area (Å²) in [6.45, 7) is 5.28. The van der Waals surface area contributed by atoms with Gasteiger partial charge in [0.05, 0.1) is 17.0 Å². The Morgan fingerprint density at radius 1 is 1.04 bits per heavy atom. The van der Waals surface area contributed by atoms with Crippen LogP contribution in [0.15, 0.2) is 51.2 Å². The fourth-order valence-corrected chi connectivity index (χ4v) is 3.09. The zero-order valence-electron chi connectivity index (χ0n) is 15.9. The molecule has 0 fully saturated rings. The van der Waals surface area contributed by atoms with Crippen LogP contribution in [0, 0.1) is 6.92 Å². The minimum absolute atomic E-state index is 0.0298. The van der Waals surface area contributed by atoms with Gasteiger partial charge in [0, 0.05) is 21.2 Å². The molecule has 4 nitrogen and oxygen atoms in total. The number of aryl methyl sites for hydroxylation is 1. The van der Waals surface area contributed by atoms with Crippen LogP contribution < -0.4 is 0 Å². The third-order valence-electron chi connectivity index (χ3n) is 4.12. The zero-order valence-corrected chi connectivity index (χ0v) is 17.5. The molecule has 28 heavy (non-hydrogen) atoms. The number of halogens is 4. The first-order valence-electron chi connectivity index (χ1n) is 8.35. The highest BCUT2D eigenvalue weighted by Crippen LogP contribution is 2.34. The molecule has 0 heterocycles. The minimum Gasteiger partial charge on any atom is -0.399 e. The van der Waals surface area contributed by atoms with Gasteiger partial charge in [-0.05, 0) is 38.5 Å². The fraction of sp³-hybridized carbons (Fsp3) is 0.300. The van der Waals surface area contributed by atoms with Gasteiger partial charge in [0.15, 0.2) is 0 Å². The molecule has 0 aromatic heterocycles. The molecule has 0 atom stereocenters. The molecule has 0 saturated carbocycles. The summed E-state index contributed by atoms with van der Waals surface area (Å²) in [6.07, 6.45) is -4.49. The molecule has 0 N–H and O–H groups in total. The number of hydrogen-bond donors (Lipinski definition) is 0. The van der Waals surface area contributed by atoms with E-state index in [1.165, 1.54) is 26.2 Å². The van der Waals surface area contributed by atoms with Crippen molar-refractivity contribution in [2.24, 2.45) is 10.3 Å². The quantitative estimate of drug-likeness (QED) is 0.390. The van der Waals surface area contributed by atoms with Gasteiger partial charge < -0.3 is 9.68 Å². The first kappa shape index (κ1) is 21.9. The van der Waals surface area contributed by atoms with Gasteiger partial charge in [-0.1, -0.05) is 50.5 Å². The van der Waals surface area contributed by atoms with E-state index < -0.39 is 11.7 Å². The number of nitrogens with zero attached hydrogens (tertiary/aromatic N) is 2. The van der Waals surface area contributed by atoms with E-state index in [1.54, 1.807) is 6.92 Å². The molecular formula is C20H20BrF3N2O2. The normalized spacial score (nSPS) is 12.9. The van der Waals surface area contributed by atoms with Gasteiger partial charge >= 0.3 is 6.18 Å². The predicted octanol–water partition coefficient (Wildman–Crippen LogP) is 6.09.